The summed E-state index contributed by atoms with van der Waals surface area (Å²) >= 11 is 0. The summed E-state index contributed by atoms with van der Waals surface area (Å²) in [5.74, 6) is 3.63. The summed E-state index contributed by atoms with van der Waals surface area (Å²) in [5.41, 5.74) is 1.28. The Balaban J connectivity index is 0.00000363. The lowest BCUT2D eigenvalue weighted by Gasteiger charge is -2.27. The molecule has 8 nitrogen and oxygen atoms in total. The topological polar surface area (TPSA) is 70.8 Å². The van der Waals surface area contributed by atoms with Crippen molar-refractivity contribution in [2.24, 2.45) is 12.0 Å². The summed E-state index contributed by atoms with van der Waals surface area (Å²) < 4.78 is 7.26. The molecule has 0 saturated carbocycles. The van der Waals surface area contributed by atoms with Crippen LogP contribution in [0.5, 0.6) is 5.75 Å². The summed E-state index contributed by atoms with van der Waals surface area (Å²) in [4.78, 5) is 9.86. The molecule has 1 fully saturated rings. The van der Waals surface area contributed by atoms with E-state index in [-0.39, 0.29) is 24.0 Å². The predicted octanol–water partition coefficient (Wildman–Crippen LogP) is 2.85. The van der Waals surface area contributed by atoms with E-state index in [2.05, 4.69) is 51.3 Å². The molecule has 1 aliphatic rings. The molecule has 9 heteroatoms. The van der Waals surface area contributed by atoms with Crippen molar-refractivity contribution in [3.8, 4) is 5.75 Å². The second-order valence-electron chi connectivity index (χ2n) is 8.00. The summed E-state index contributed by atoms with van der Waals surface area (Å²) in [7, 11) is 3.68. The minimum atomic E-state index is 0. The number of nitrogens with one attached hydrogen (secondary N) is 1. The number of aliphatic imine (C=N–C) groups is 1. The molecule has 3 rings (SSSR count). The Morgan fingerprint density at radius 2 is 1.94 bits per heavy atom. The fourth-order valence-corrected chi connectivity index (χ4v) is 4.09. The number of hydrogen-bond acceptors (Lipinski definition) is 5. The third-order valence-electron chi connectivity index (χ3n) is 6.20. The van der Waals surface area contributed by atoms with Gasteiger partial charge in [-0.15, -0.1) is 34.2 Å². The highest BCUT2D eigenvalue weighted by atomic mass is 127. The van der Waals surface area contributed by atoms with Crippen LogP contribution >= 0.6 is 24.0 Å². The van der Waals surface area contributed by atoms with Crippen molar-refractivity contribution in [1.29, 1.82) is 0 Å². The number of benzene rings is 1. The highest BCUT2D eigenvalue weighted by molar-refractivity contribution is 14.0. The highest BCUT2D eigenvalue weighted by Crippen LogP contribution is 2.16. The van der Waals surface area contributed by atoms with Gasteiger partial charge in [-0.05, 0) is 50.6 Å². The van der Waals surface area contributed by atoms with Crippen LogP contribution in [-0.2, 0) is 20.0 Å². The van der Waals surface area contributed by atoms with E-state index in [1.807, 2.05) is 30.7 Å². The van der Waals surface area contributed by atoms with E-state index in [1.54, 1.807) is 7.11 Å². The van der Waals surface area contributed by atoms with Crippen LogP contribution in [0, 0.1) is 6.92 Å². The highest BCUT2D eigenvalue weighted by Gasteiger charge is 2.28. The van der Waals surface area contributed by atoms with Crippen LogP contribution in [-0.4, -0.2) is 76.4 Å². The molecule has 0 aliphatic carbocycles. The summed E-state index contributed by atoms with van der Waals surface area (Å²) in [6.07, 6.45) is 2.10. The summed E-state index contributed by atoms with van der Waals surface area (Å²) in [5, 5.41) is 12.0. The van der Waals surface area contributed by atoms with Gasteiger partial charge in [0.1, 0.15) is 18.1 Å². The van der Waals surface area contributed by atoms with Gasteiger partial charge < -0.3 is 19.5 Å². The van der Waals surface area contributed by atoms with E-state index < -0.39 is 0 Å². The molecule has 1 saturated heterocycles. The number of nitrogens with zero attached hydrogens (tertiary/aromatic N) is 6. The number of aromatic nitrogens is 3. The molecule has 32 heavy (non-hydrogen) atoms. The lowest BCUT2D eigenvalue weighted by molar-refractivity contribution is 0.223. The van der Waals surface area contributed by atoms with Gasteiger partial charge in [0.25, 0.3) is 0 Å². The van der Waals surface area contributed by atoms with Crippen molar-refractivity contribution in [2.75, 3.05) is 39.8 Å². The zero-order chi connectivity index (χ0) is 22.2. The van der Waals surface area contributed by atoms with Gasteiger partial charge >= 0.3 is 0 Å². The van der Waals surface area contributed by atoms with E-state index in [0.717, 1.165) is 62.5 Å². The van der Waals surface area contributed by atoms with Gasteiger partial charge in [-0.1, -0.05) is 26.0 Å². The minimum Gasteiger partial charge on any atom is -0.497 e. The molecular weight excluding hydrogens is 517 g/mol. The quantitative estimate of drug-likeness (QED) is 0.292. The van der Waals surface area contributed by atoms with Crippen LogP contribution in [0.3, 0.4) is 0 Å². The first kappa shape index (κ1) is 26.4. The number of rotatable bonds is 9. The van der Waals surface area contributed by atoms with Gasteiger partial charge in [0.15, 0.2) is 11.8 Å². The van der Waals surface area contributed by atoms with Crippen LogP contribution < -0.4 is 10.1 Å². The Hall–Kier alpha value is -1.88. The molecule has 0 radical (unpaired) electrons. The van der Waals surface area contributed by atoms with Crippen molar-refractivity contribution < 1.29 is 4.74 Å². The van der Waals surface area contributed by atoms with E-state index in [4.69, 9.17) is 9.73 Å². The number of likely N-dealkylation sites (tertiary alicyclic amines) is 1. The lowest BCUT2D eigenvalue weighted by Crippen LogP contribution is -2.43. The molecule has 0 bridgehead atoms. The average molecular weight is 556 g/mol. The number of ether oxygens (including phenoxy) is 1. The molecule has 0 spiro atoms. The second kappa shape index (κ2) is 13.0. The number of methoxy groups -OCH3 is 1. The molecule has 2 heterocycles. The van der Waals surface area contributed by atoms with Crippen molar-refractivity contribution in [3.63, 3.8) is 0 Å². The molecule has 1 aliphatic heterocycles. The van der Waals surface area contributed by atoms with Crippen LogP contribution in [0.25, 0.3) is 0 Å². The van der Waals surface area contributed by atoms with Crippen molar-refractivity contribution in [1.82, 2.24) is 29.9 Å². The van der Waals surface area contributed by atoms with Crippen LogP contribution in [0.4, 0.5) is 0 Å². The monoisotopic (exact) mass is 555 g/mol. The molecule has 1 aromatic heterocycles. The van der Waals surface area contributed by atoms with Gasteiger partial charge in [0.05, 0.1) is 7.11 Å². The maximum Gasteiger partial charge on any atom is 0.194 e. The van der Waals surface area contributed by atoms with Crippen molar-refractivity contribution >= 4 is 29.9 Å². The maximum absolute atomic E-state index is 5.25. The van der Waals surface area contributed by atoms with Gasteiger partial charge in [0.2, 0.25) is 0 Å². The Bertz CT molecular complexity index is 849. The standard InChI is InChI=1S/C23H37N7O.HI/c1-6-29(7-2)20-13-15-30(17-20)23(25-16-22-27-26-18(3)28(22)4)24-14-12-19-8-10-21(31-5)11-9-19;/h8-11,20H,6-7,12-17H2,1-5H3,(H,24,25);1H. The van der Waals surface area contributed by atoms with E-state index in [9.17, 15) is 0 Å². The minimum absolute atomic E-state index is 0. The van der Waals surface area contributed by atoms with Crippen LogP contribution in [0.2, 0.25) is 0 Å². The molecule has 1 aromatic carbocycles. The van der Waals surface area contributed by atoms with E-state index in [1.165, 1.54) is 12.0 Å². The molecule has 1 atom stereocenters. The maximum atomic E-state index is 5.25. The third-order valence-corrected chi connectivity index (χ3v) is 6.20. The summed E-state index contributed by atoms with van der Waals surface area (Å²) in [6, 6.07) is 8.84. The van der Waals surface area contributed by atoms with Gasteiger partial charge in [-0.25, -0.2) is 4.99 Å². The Kier molecular flexibility index (Phi) is 10.7. The zero-order valence-electron chi connectivity index (χ0n) is 20.0. The molecule has 1 unspecified atom stereocenters. The molecular formula is C23H38IN7O. The Morgan fingerprint density at radius 1 is 1.22 bits per heavy atom. The number of hydrogen-bond donors (Lipinski definition) is 1. The van der Waals surface area contributed by atoms with E-state index >= 15 is 0 Å². The number of halogens is 1. The molecule has 178 valence electrons. The first-order valence-corrected chi connectivity index (χ1v) is 11.3. The number of guanidine groups is 1. The Labute approximate surface area is 209 Å². The van der Waals surface area contributed by atoms with Crippen molar-refractivity contribution in [3.05, 3.63) is 41.5 Å². The fourth-order valence-electron chi connectivity index (χ4n) is 4.09. The first-order valence-electron chi connectivity index (χ1n) is 11.3. The molecule has 0 amide bonds. The van der Waals surface area contributed by atoms with Gasteiger partial charge in [-0.3, -0.25) is 4.90 Å². The fraction of sp³-hybridized carbons (Fsp3) is 0.609. The van der Waals surface area contributed by atoms with Gasteiger partial charge in [0, 0.05) is 32.7 Å². The Morgan fingerprint density at radius 3 is 2.53 bits per heavy atom. The smallest absolute Gasteiger partial charge is 0.194 e. The number of likely N-dealkylation sites (N-methyl/N-ethyl adjacent to an activating group) is 1. The molecule has 2 aromatic rings. The molecule has 1 N–H and O–H groups in total. The van der Waals surface area contributed by atoms with Gasteiger partial charge in [-0.2, -0.15) is 0 Å². The third kappa shape index (κ3) is 6.81. The van der Waals surface area contributed by atoms with Crippen molar-refractivity contribution in [2.45, 2.75) is 46.2 Å². The number of aryl methyl sites for hydroxylation is 1. The van der Waals surface area contributed by atoms with Crippen LogP contribution in [0.1, 0.15) is 37.5 Å². The zero-order valence-corrected chi connectivity index (χ0v) is 22.4. The second-order valence-corrected chi connectivity index (χ2v) is 8.00. The van der Waals surface area contributed by atoms with Crippen LogP contribution in [0.15, 0.2) is 29.3 Å². The first-order chi connectivity index (χ1) is 15.0. The lowest BCUT2D eigenvalue weighted by atomic mass is 10.1. The SMILES string of the molecule is CCN(CC)C1CCN(C(=NCc2nnc(C)n2C)NCCc2ccc(OC)cc2)C1.I. The largest absolute Gasteiger partial charge is 0.497 e. The normalized spacial score (nSPS) is 16.4. The average Bonchev–Trinajstić information content (AvgIpc) is 3.40. The van der Waals surface area contributed by atoms with E-state index in [0.29, 0.717) is 12.6 Å². The predicted molar refractivity (Wildman–Crippen MR) is 140 cm³/mol. The summed E-state index contributed by atoms with van der Waals surface area (Å²) in [6.45, 7) is 12.0.